The molecule has 4 nitrogen and oxygen atoms in total. The molecule has 0 fully saturated rings. The van der Waals surface area contributed by atoms with E-state index in [4.69, 9.17) is 10.5 Å². The minimum Gasteiger partial charge on any atom is -0.483 e. The van der Waals surface area contributed by atoms with E-state index in [2.05, 4.69) is 0 Å². The van der Waals surface area contributed by atoms with Crippen molar-refractivity contribution in [2.45, 2.75) is 6.18 Å². The molecule has 0 aliphatic rings. The van der Waals surface area contributed by atoms with E-state index < -0.39 is 23.4 Å². The fraction of sp³-hybridized carbons (Fsp3) is 0.111. The van der Waals surface area contributed by atoms with Gasteiger partial charge in [-0.3, -0.25) is 9.59 Å². The van der Waals surface area contributed by atoms with E-state index >= 15 is 0 Å². The van der Waals surface area contributed by atoms with Crippen LogP contribution in [0.15, 0.2) is 54.6 Å². The summed E-state index contributed by atoms with van der Waals surface area (Å²) in [5, 5.41) is 0. The molecule has 0 spiro atoms. The van der Waals surface area contributed by atoms with Gasteiger partial charge in [0.15, 0.2) is 12.4 Å². The van der Waals surface area contributed by atoms with Crippen molar-refractivity contribution in [1.29, 1.82) is 0 Å². The fourth-order valence-corrected chi connectivity index (χ4v) is 2.03. The van der Waals surface area contributed by atoms with Gasteiger partial charge in [0.1, 0.15) is 5.75 Å². The molecule has 130 valence electrons. The minimum atomic E-state index is -4.46. The molecule has 0 saturated carbocycles. The molecule has 2 aromatic carbocycles. The molecule has 7 heteroatoms. The third-order valence-corrected chi connectivity index (χ3v) is 3.16. The maximum atomic E-state index is 12.7. The lowest BCUT2D eigenvalue weighted by Gasteiger charge is -2.08. The molecule has 0 bridgehead atoms. The standard InChI is InChI=1S/C18H14F3NO3/c19-18(20,21)13-5-3-4-12(10-13)8-9-15(23)14-6-1-2-7-16(14)25-11-17(22)24/h1-10H,11H2,(H2,22,24)/b9-8+. The predicted molar refractivity (Wildman–Crippen MR) is 85.9 cm³/mol. The number of para-hydroxylation sites is 1. The van der Waals surface area contributed by atoms with E-state index in [-0.39, 0.29) is 23.5 Å². The highest BCUT2D eigenvalue weighted by molar-refractivity contribution is 6.08. The Labute approximate surface area is 141 Å². The molecule has 0 saturated heterocycles. The molecule has 25 heavy (non-hydrogen) atoms. The normalized spacial score (nSPS) is 11.5. The van der Waals surface area contributed by atoms with Gasteiger partial charge in [-0.25, -0.2) is 0 Å². The Kier molecular flexibility index (Phi) is 5.59. The summed E-state index contributed by atoms with van der Waals surface area (Å²) < 4.78 is 43.2. The van der Waals surface area contributed by atoms with Gasteiger partial charge in [-0.1, -0.05) is 30.3 Å². The van der Waals surface area contributed by atoms with Gasteiger partial charge >= 0.3 is 6.18 Å². The van der Waals surface area contributed by atoms with E-state index in [1.807, 2.05) is 0 Å². The summed E-state index contributed by atoms with van der Waals surface area (Å²) in [7, 11) is 0. The fourth-order valence-electron chi connectivity index (χ4n) is 2.03. The highest BCUT2D eigenvalue weighted by atomic mass is 19.4. The first-order chi connectivity index (χ1) is 11.8. The average Bonchev–Trinajstić information content (AvgIpc) is 2.57. The monoisotopic (exact) mass is 349 g/mol. The van der Waals surface area contributed by atoms with Crippen LogP contribution in [0, 0.1) is 0 Å². The van der Waals surface area contributed by atoms with Crippen LogP contribution in [0.2, 0.25) is 0 Å². The van der Waals surface area contributed by atoms with Crippen molar-refractivity contribution in [1.82, 2.24) is 0 Å². The molecule has 0 radical (unpaired) electrons. The van der Waals surface area contributed by atoms with Crippen LogP contribution >= 0.6 is 0 Å². The van der Waals surface area contributed by atoms with Gasteiger partial charge in [0.2, 0.25) is 0 Å². The van der Waals surface area contributed by atoms with Gasteiger partial charge in [0.25, 0.3) is 5.91 Å². The summed E-state index contributed by atoms with van der Waals surface area (Å²) in [5.41, 5.74) is 4.60. The van der Waals surface area contributed by atoms with Crippen LogP contribution in [0.5, 0.6) is 5.75 Å². The molecule has 0 atom stereocenters. The number of amides is 1. The summed E-state index contributed by atoms with van der Waals surface area (Å²) in [6, 6.07) is 10.8. The molecule has 0 aliphatic carbocycles. The Morgan fingerprint density at radius 2 is 1.80 bits per heavy atom. The van der Waals surface area contributed by atoms with Gasteiger partial charge in [0, 0.05) is 0 Å². The van der Waals surface area contributed by atoms with Gasteiger partial charge in [0.05, 0.1) is 11.1 Å². The molecule has 0 aliphatic heterocycles. The Morgan fingerprint density at radius 1 is 1.08 bits per heavy atom. The number of hydrogen-bond donors (Lipinski definition) is 1. The van der Waals surface area contributed by atoms with Crippen LogP contribution in [0.1, 0.15) is 21.5 Å². The number of ether oxygens (including phenoxy) is 1. The lowest BCUT2D eigenvalue weighted by Crippen LogP contribution is -2.20. The molecule has 0 unspecified atom stereocenters. The Bertz CT molecular complexity index is 813. The van der Waals surface area contributed by atoms with Gasteiger partial charge in [-0.15, -0.1) is 0 Å². The zero-order chi connectivity index (χ0) is 18.4. The SMILES string of the molecule is NC(=O)COc1ccccc1C(=O)/C=C/c1cccc(C(F)(F)F)c1. The van der Waals surface area contributed by atoms with Crippen molar-refractivity contribution in [2.24, 2.45) is 5.73 Å². The molecule has 1 amide bonds. The number of halogens is 3. The number of carbonyl (C=O) groups excluding carboxylic acids is 2. The number of carbonyl (C=O) groups is 2. The van der Waals surface area contributed by atoms with Crippen LogP contribution in [-0.4, -0.2) is 18.3 Å². The largest absolute Gasteiger partial charge is 0.483 e. The lowest BCUT2D eigenvalue weighted by atomic mass is 10.1. The van der Waals surface area contributed by atoms with Crippen LogP contribution in [0.3, 0.4) is 0 Å². The number of hydrogen-bond acceptors (Lipinski definition) is 3. The zero-order valence-electron chi connectivity index (χ0n) is 12.9. The molecule has 0 aromatic heterocycles. The second-order valence-electron chi connectivity index (χ2n) is 5.07. The minimum absolute atomic E-state index is 0.167. The number of ketones is 1. The molecule has 0 heterocycles. The number of alkyl halides is 3. The molecule has 2 rings (SSSR count). The van der Waals surface area contributed by atoms with Crippen molar-refractivity contribution in [3.05, 3.63) is 71.3 Å². The maximum absolute atomic E-state index is 12.7. The first-order valence-corrected chi connectivity index (χ1v) is 7.17. The smallest absolute Gasteiger partial charge is 0.416 e. The average molecular weight is 349 g/mol. The van der Waals surface area contributed by atoms with E-state index in [9.17, 15) is 22.8 Å². The zero-order valence-corrected chi connectivity index (χ0v) is 12.9. The Balaban J connectivity index is 2.20. The topological polar surface area (TPSA) is 69.4 Å². The maximum Gasteiger partial charge on any atom is 0.416 e. The van der Waals surface area contributed by atoms with Crippen molar-refractivity contribution in [3.8, 4) is 5.75 Å². The van der Waals surface area contributed by atoms with Crippen LogP contribution in [0.25, 0.3) is 6.08 Å². The second kappa shape index (κ2) is 7.65. The van der Waals surface area contributed by atoms with E-state index in [1.54, 1.807) is 12.1 Å². The predicted octanol–water partition coefficient (Wildman–Crippen LogP) is 3.47. The molecular formula is C18H14F3NO3. The number of rotatable bonds is 6. The number of benzene rings is 2. The molecular weight excluding hydrogens is 335 g/mol. The lowest BCUT2D eigenvalue weighted by molar-refractivity contribution is -0.137. The third-order valence-electron chi connectivity index (χ3n) is 3.16. The van der Waals surface area contributed by atoms with Crippen molar-refractivity contribution < 1.29 is 27.5 Å². The molecule has 2 aromatic rings. The van der Waals surface area contributed by atoms with Crippen molar-refractivity contribution in [2.75, 3.05) is 6.61 Å². The second-order valence-corrected chi connectivity index (χ2v) is 5.07. The van der Waals surface area contributed by atoms with Crippen LogP contribution in [0.4, 0.5) is 13.2 Å². The van der Waals surface area contributed by atoms with Gasteiger partial charge < -0.3 is 10.5 Å². The van der Waals surface area contributed by atoms with E-state index in [0.717, 1.165) is 18.2 Å². The third kappa shape index (κ3) is 5.20. The van der Waals surface area contributed by atoms with Crippen molar-refractivity contribution >= 4 is 17.8 Å². The summed E-state index contributed by atoms with van der Waals surface area (Å²) in [6.07, 6.45) is -2.03. The number of nitrogens with two attached hydrogens (primary N) is 1. The highest BCUT2D eigenvalue weighted by Crippen LogP contribution is 2.29. The summed E-state index contributed by atoms with van der Waals surface area (Å²) in [4.78, 5) is 23.0. The van der Waals surface area contributed by atoms with E-state index in [0.29, 0.717) is 0 Å². The van der Waals surface area contributed by atoms with Crippen molar-refractivity contribution in [3.63, 3.8) is 0 Å². The molecule has 2 N–H and O–H groups in total. The van der Waals surface area contributed by atoms with Gasteiger partial charge in [-0.2, -0.15) is 13.2 Å². The highest BCUT2D eigenvalue weighted by Gasteiger charge is 2.30. The van der Waals surface area contributed by atoms with Crippen LogP contribution in [-0.2, 0) is 11.0 Å². The number of allylic oxidation sites excluding steroid dienone is 1. The summed E-state index contributed by atoms with van der Waals surface area (Å²) in [5.74, 6) is -1.00. The first-order valence-electron chi connectivity index (χ1n) is 7.17. The Hall–Kier alpha value is -3.09. The first kappa shape index (κ1) is 18.3. The van der Waals surface area contributed by atoms with Crippen LogP contribution < -0.4 is 10.5 Å². The summed E-state index contributed by atoms with van der Waals surface area (Å²) in [6.45, 7) is -0.387. The Morgan fingerprint density at radius 3 is 2.48 bits per heavy atom. The summed E-state index contributed by atoms with van der Waals surface area (Å²) >= 11 is 0. The van der Waals surface area contributed by atoms with Gasteiger partial charge in [-0.05, 0) is 35.9 Å². The van der Waals surface area contributed by atoms with E-state index in [1.165, 1.54) is 30.3 Å². The quantitative estimate of drug-likeness (QED) is 0.641. The number of primary amides is 1.